The standard InChI is InChI=1S/C18H17OP/c1-20(2,19)18-13-12-15(14-8-4-3-5-9-14)16-10-6-7-11-17(16)18/h3-13H,1-2H3. The molecule has 1 nitrogen and oxygen atoms in total. The molecule has 0 saturated heterocycles. The summed E-state index contributed by atoms with van der Waals surface area (Å²) in [6, 6.07) is 22.7. The molecule has 0 unspecified atom stereocenters. The van der Waals surface area contributed by atoms with Crippen molar-refractivity contribution in [1.29, 1.82) is 0 Å². The van der Waals surface area contributed by atoms with E-state index in [2.05, 4.69) is 30.3 Å². The zero-order chi connectivity index (χ0) is 14.2. The van der Waals surface area contributed by atoms with E-state index in [-0.39, 0.29) is 0 Å². The molecule has 2 heteroatoms. The van der Waals surface area contributed by atoms with Crippen LogP contribution in [0.15, 0.2) is 66.7 Å². The fourth-order valence-corrected chi connectivity index (χ4v) is 3.83. The van der Waals surface area contributed by atoms with Crippen molar-refractivity contribution in [1.82, 2.24) is 0 Å². The van der Waals surface area contributed by atoms with Crippen molar-refractivity contribution in [3.05, 3.63) is 66.7 Å². The average molecular weight is 280 g/mol. The molecule has 3 aromatic carbocycles. The predicted molar refractivity (Wildman–Crippen MR) is 88.5 cm³/mol. The van der Waals surface area contributed by atoms with Crippen LogP contribution in [0.2, 0.25) is 0 Å². The Morgan fingerprint density at radius 2 is 1.30 bits per heavy atom. The molecule has 0 aliphatic heterocycles. The van der Waals surface area contributed by atoms with Crippen LogP contribution in [0.1, 0.15) is 0 Å². The minimum atomic E-state index is -2.27. The summed E-state index contributed by atoms with van der Waals surface area (Å²) < 4.78 is 12.5. The Hall–Kier alpha value is -1.85. The van der Waals surface area contributed by atoms with Gasteiger partial charge in [0, 0.05) is 5.30 Å². The molecule has 100 valence electrons. The molecule has 0 amide bonds. The molecule has 0 aliphatic carbocycles. The van der Waals surface area contributed by atoms with Crippen LogP contribution in [0.3, 0.4) is 0 Å². The van der Waals surface area contributed by atoms with Crippen molar-refractivity contribution in [3.63, 3.8) is 0 Å². The van der Waals surface area contributed by atoms with E-state index in [0.29, 0.717) is 0 Å². The highest BCUT2D eigenvalue weighted by molar-refractivity contribution is 7.70. The number of hydrogen-bond donors (Lipinski definition) is 0. The lowest BCUT2D eigenvalue weighted by molar-refractivity contribution is 0.588. The van der Waals surface area contributed by atoms with Gasteiger partial charge >= 0.3 is 0 Å². The van der Waals surface area contributed by atoms with Crippen molar-refractivity contribution < 1.29 is 4.57 Å². The average Bonchev–Trinajstić information content (AvgIpc) is 2.46. The van der Waals surface area contributed by atoms with Gasteiger partial charge in [-0.2, -0.15) is 0 Å². The van der Waals surface area contributed by atoms with Crippen LogP contribution >= 0.6 is 7.14 Å². The molecular formula is C18H17OP. The van der Waals surface area contributed by atoms with Crippen molar-refractivity contribution in [2.24, 2.45) is 0 Å². The van der Waals surface area contributed by atoms with Gasteiger partial charge in [0.1, 0.15) is 7.14 Å². The highest BCUT2D eigenvalue weighted by Crippen LogP contribution is 2.39. The van der Waals surface area contributed by atoms with E-state index in [1.165, 1.54) is 16.5 Å². The van der Waals surface area contributed by atoms with Crippen LogP contribution in [-0.4, -0.2) is 13.3 Å². The summed E-state index contributed by atoms with van der Waals surface area (Å²) in [5, 5.41) is 3.23. The second-order valence-corrected chi connectivity index (χ2v) is 8.58. The smallest absolute Gasteiger partial charge is 0.110 e. The minimum Gasteiger partial charge on any atom is -0.319 e. The zero-order valence-corrected chi connectivity index (χ0v) is 12.6. The van der Waals surface area contributed by atoms with E-state index in [1.54, 1.807) is 0 Å². The normalized spacial score (nSPS) is 11.7. The maximum Gasteiger partial charge on any atom is 0.110 e. The van der Waals surface area contributed by atoms with Crippen LogP contribution in [-0.2, 0) is 4.57 Å². The predicted octanol–water partition coefficient (Wildman–Crippen LogP) is 4.75. The molecule has 20 heavy (non-hydrogen) atoms. The van der Waals surface area contributed by atoms with E-state index < -0.39 is 7.14 Å². The third-order valence-corrected chi connectivity index (χ3v) is 5.12. The van der Waals surface area contributed by atoms with E-state index in [9.17, 15) is 4.57 Å². The van der Waals surface area contributed by atoms with Crippen molar-refractivity contribution in [2.45, 2.75) is 0 Å². The molecular weight excluding hydrogens is 263 g/mol. The summed E-state index contributed by atoms with van der Waals surface area (Å²) in [6.45, 7) is 3.66. The van der Waals surface area contributed by atoms with Gasteiger partial charge in [0.05, 0.1) is 0 Å². The molecule has 0 atom stereocenters. The molecule has 3 rings (SSSR count). The van der Waals surface area contributed by atoms with Gasteiger partial charge in [-0.25, -0.2) is 0 Å². The molecule has 0 bridgehead atoms. The molecule has 0 aliphatic rings. The number of benzene rings is 3. The van der Waals surface area contributed by atoms with Gasteiger partial charge in [-0.05, 0) is 35.2 Å². The molecule has 0 heterocycles. The Kier molecular flexibility index (Phi) is 3.23. The quantitative estimate of drug-likeness (QED) is 0.619. The lowest BCUT2D eigenvalue weighted by atomic mass is 9.98. The Morgan fingerprint density at radius 1 is 0.700 bits per heavy atom. The number of hydrogen-bond acceptors (Lipinski definition) is 1. The first kappa shape index (κ1) is 13.1. The van der Waals surface area contributed by atoms with E-state index in [4.69, 9.17) is 0 Å². The van der Waals surface area contributed by atoms with E-state index >= 15 is 0 Å². The molecule has 0 spiro atoms. The summed E-state index contributed by atoms with van der Waals surface area (Å²) in [6.07, 6.45) is 0. The number of rotatable bonds is 2. The first-order valence-electron chi connectivity index (χ1n) is 6.70. The first-order chi connectivity index (χ1) is 9.57. The fourth-order valence-electron chi connectivity index (χ4n) is 2.62. The Bertz CT molecular complexity index is 800. The van der Waals surface area contributed by atoms with E-state index in [1.807, 2.05) is 49.7 Å². The highest BCUT2D eigenvalue weighted by atomic mass is 31.2. The Labute approximate surface area is 119 Å². The summed E-state index contributed by atoms with van der Waals surface area (Å²) in [5.74, 6) is 0. The molecule has 0 N–H and O–H groups in total. The van der Waals surface area contributed by atoms with Gasteiger partial charge in [0.25, 0.3) is 0 Å². The second kappa shape index (κ2) is 4.92. The Morgan fingerprint density at radius 3 is 1.95 bits per heavy atom. The fraction of sp³-hybridized carbons (Fsp3) is 0.111. The minimum absolute atomic E-state index is 0.966. The summed E-state index contributed by atoms with van der Waals surface area (Å²) in [5.41, 5.74) is 2.38. The maximum atomic E-state index is 12.5. The molecule has 0 radical (unpaired) electrons. The van der Waals surface area contributed by atoms with Gasteiger partial charge in [-0.1, -0.05) is 66.7 Å². The third-order valence-electron chi connectivity index (χ3n) is 3.57. The van der Waals surface area contributed by atoms with Crippen LogP contribution in [0.25, 0.3) is 21.9 Å². The van der Waals surface area contributed by atoms with Crippen molar-refractivity contribution in [2.75, 3.05) is 13.3 Å². The molecule has 0 aromatic heterocycles. The molecule has 3 aromatic rings. The highest BCUT2D eigenvalue weighted by Gasteiger charge is 2.16. The second-order valence-electron chi connectivity index (χ2n) is 5.39. The van der Waals surface area contributed by atoms with Crippen LogP contribution in [0.5, 0.6) is 0 Å². The topological polar surface area (TPSA) is 17.1 Å². The largest absolute Gasteiger partial charge is 0.319 e. The summed E-state index contributed by atoms with van der Waals surface area (Å²) in [4.78, 5) is 0. The van der Waals surface area contributed by atoms with Gasteiger partial charge in [-0.15, -0.1) is 0 Å². The Balaban J connectivity index is 2.36. The first-order valence-corrected chi connectivity index (χ1v) is 9.30. The van der Waals surface area contributed by atoms with Crippen molar-refractivity contribution >= 4 is 23.2 Å². The van der Waals surface area contributed by atoms with Gasteiger partial charge < -0.3 is 4.57 Å². The summed E-state index contributed by atoms with van der Waals surface area (Å²) >= 11 is 0. The van der Waals surface area contributed by atoms with Gasteiger partial charge in [0.15, 0.2) is 0 Å². The lowest BCUT2D eigenvalue weighted by Crippen LogP contribution is -2.04. The monoisotopic (exact) mass is 280 g/mol. The van der Waals surface area contributed by atoms with Gasteiger partial charge in [-0.3, -0.25) is 0 Å². The summed E-state index contributed by atoms with van der Waals surface area (Å²) in [7, 11) is -2.27. The van der Waals surface area contributed by atoms with Gasteiger partial charge in [0.2, 0.25) is 0 Å². The van der Waals surface area contributed by atoms with Crippen LogP contribution in [0.4, 0.5) is 0 Å². The third kappa shape index (κ3) is 2.30. The molecule has 0 saturated carbocycles. The SMILES string of the molecule is CP(C)(=O)c1ccc(-c2ccccc2)c2ccccc12. The maximum absolute atomic E-state index is 12.5. The number of fused-ring (bicyclic) bond motifs is 1. The van der Waals surface area contributed by atoms with E-state index in [0.717, 1.165) is 10.7 Å². The molecule has 0 fully saturated rings. The zero-order valence-electron chi connectivity index (χ0n) is 11.7. The lowest BCUT2D eigenvalue weighted by Gasteiger charge is -2.14. The van der Waals surface area contributed by atoms with Crippen LogP contribution in [0, 0.1) is 0 Å². The van der Waals surface area contributed by atoms with Crippen molar-refractivity contribution in [3.8, 4) is 11.1 Å². The van der Waals surface area contributed by atoms with Crippen LogP contribution < -0.4 is 5.30 Å².